The molecule has 0 radical (unpaired) electrons. The number of aromatic nitrogens is 2. The quantitative estimate of drug-likeness (QED) is 0.808. The van der Waals surface area contributed by atoms with E-state index in [9.17, 15) is 4.79 Å². The SMILES string of the molecule is Cc1nn(C)c(C)c1C(C)Nc1cccc(NC(N)=O)c1. The Hall–Kier alpha value is -2.50. The van der Waals surface area contributed by atoms with Gasteiger partial charge in [0.1, 0.15) is 0 Å². The molecule has 2 rings (SSSR count). The Labute approximate surface area is 124 Å². The predicted octanol–water partition coefficient (Wildman–Crippen LogP) is 2.70. The van der Waals surface area contributed by atoms with Crippen LogP contribution < -0.4 is 16.4 Å². The van der Waals surface area contributed by atoms with Crippen LogP contribution in [0.1, 0.15) is 29.9 Å². The number of hydrogen-bond acceptors (Lipinski definition) is 3. The molecule has 1 heterocycles. The first kappa shape index (κ1) is 14.9. The van der Waals surface area contributed by atoms with E-state index in [1.165, 1.54) is 5.56 Å². The van der Waals surface area contributed by atoms with Crippen LogP contribution in [-0.4, -0.2) is 15.8 Å². The van der Waals surface area contributed by atoms with Gasteiger partial charge in [0.2, 0.25) is 0 Å². The number of hydrogen-bond donors (Lipinski definition) is 3. The normalized spacial score (nSPS) is 12.0. The molecular weight excluding hydrogens is 266 g/mol. The van der Waals surface area contributed by atoms with Gasteiger partial charge in [-0.25, -0.2) is 4.79 Å². The fourth-order valence-corrected chi connectivity index (χ4v) is 2.57. The molecule has 1 aromatic carbocycles. The van der Waals surface area contributed by atoms with Crippen LogP contribution in [0.3, 0.4) is 0 Å². The molecular formula is C15H21N5O. The molecule has 1 atom stereocenters. The highest BCUT2D eigenvalue weighted by molar-refractivity contribution is 5.88. The number of rotatable bonds is 4. The predicted molar refractivity (Wildman–Crippen MR) is 84.4 cm³/mol. The summed E-state index contributed by atoms with van der Waals surface area (Å²) in [6, 6.07) is 7.00. The number of benzene rings is 1. The van der Waals surface area contributed by atoms with E-state index in [2.05, 4.69) is 29.6 Å². The molecule has 0 spiro atoms. The fraction of sp³-hybridized carbons (Fsp3) is 0.333. The zero-order valence-corrected chi connectivity index (χ0v) is 12.8. The number of anilines is 2. The van der Waals surface area contributed by atoms with Gasteiger partial charge >= 0.3 is 6.03 Å². The van der Waals surface area contributed by atoms with E-state index in [0.717, 1.165) is 17.1 Å². The smallest absolute Gasteiger partial charge is 0.316 e. The Bertz CT molecular complexity index is 662. The lowest BCUT2D eigenvalue weighted by Crippen LogP contribution is -2.19. The molecule has 21 heavy (non-hydrogen) atoms. The summed E-state index contributed by atoms with van der Waals surface area (Å²) in [5.74, 6) is 0. The molecule has 0 aliphatic heterocycles. The molecule has 0 saturated heterocycles. The second-order valence-corrected chi connectivity index (χ2v) is 5.14. The molecule has 1 unspecified atom stereocenters. The van der Waals surface area contributed by atoms with Crippen LogP contribution in [0.15, 0.2) is 24.3 Å². The molecule has 2 aromatic rings. The monoisotopic (exact) mass is 287 g/mol. The molecule has 112 valence electrons. The van der Waals surface area contributed by atoms with Crippen molar-refractivity contribution in [3.63, 3.8) is 0 Å². The number of carbonyl (C=O) groups excluding carboxylic acids is 1. The zero-order chi connectivity index (χ0) is 15.6. The van der Waals surface area contributed by atoms with E-state index in [0.29, 0.717) is 5.69 Å². The van der Waals surface area contributed by atoms with Gasteiger partial charge < -0.3 is 16.4 Å². The molecule has 0 aliphatic carbocycles. The van der Waals surface area contributed by atoms with Crippen LogP contribution in [0, 0.1) is 13.8 Å². The Balaban J connectivity index is 2.19. The third kappa shape index (κ3) is 3.34. The highest BCUT2D eigenvalue weighted by Crippen LogP contribution is 2.25. The molecule has 0 fully saturated rings. The van der Waals surface area contributed by atoms with Gasteiger partial charge in [-0.2, -0.15) is 5.10 Å². The van der Waals surface area contributed by atoms with Crippen molar-refractivity contribution in [1.82, 2.24) is 9.78 Å². The summed E-state index contributed by atoms with van der Waals surface area (Å²) in [6.07, 6.45) is 0. The summed E-state index contributed by atoms with van der Waals surface area (Å²) in [4.78, 5) is 10.9. The van der Waals surface area contributed by atoms with E-state index >= 15 is 0 Å². The Morgan fingerprint density at radius 1 is 1.33 bits per heavy atom. The standard InChI is InChI=1S/C15H21N5O/c1-9(14-10(2)19-20(4)11(14)3)17-12-6-5-7-13(8-12)18-15(16)21/h5-9,17H,1-4H3,(H3,16,18,21). The van der Waals surface area contributed by atoms with E-state index in [4.69, 9.17) is 5.73 Å². The van der Waals surface area contributed by atoms with Crippen molar-refractivity contribution in [2.75, 3.05) is 10.6 Å². The Kier molecular flexibility index (Phi) is 4.16. The van der Waals surface area contributed by atoms with Crippen molar-refractivity contribution in [3.8, 4) is 0 Å². The molecule has 0 saturated carbocycles. The summed E-state index contributed by atoms with van der Waals surface area (Å²) in [5, 5.41) is 10.4. The maximum absolute atomic E-state index is 10.9. The summed E-state index contributed by atoms with van der Waals surface area (Å²) >= 11 is 0. The second kappa shape index (κ2) is 5.87. The lowest BCUT2D eigenvalue weighted by molar-refractivity contribution is 0.259. The number of aryl methyl sites for hydroxylation is 2. The van der Waals surface area contributed by atoms with Crippen molar-refractivity contribution in [1.29, 1.82) is 0 Å². The number of nitrogens with one attached hydrogen (secondary N) is 2. The van der Waals surface area contributed by atoms with Gasteiger partial charge in [0, 0.05) is 29.7 Å². The minimum absolute atomic E-state index is 0.113. The van der Waals surface area contributed by atoms with Gasteiger partial charge in [-0.15, -0.1) is 0 Å². The molecule has 6 heteroatoms. The van der Waals surface area contributed by atoms with Crippen molar-refractivity contribution < 1.29 is 4.79 Å². The molecule has 1 aromatic heterocycles. The summed E-state index contributed by atoms with van der Waals surface area (Å²) in [5.41, 5.74) is 10.0. The first-order chi connectivity index (χ1) is 9.88. The maximum Gasteiger partial charge on any atom is 0.316 e. The summed E-state index contributed by atoms with van der Waals surface area (Å²) < 4.78 is 1.88. The van der Waals surface area contributed by atoms with Crippen LogP contribution in [0.25, 0.3) is 0 Å². The van der Waals surface area contributed by atoms with Crippen molar-refractivity contribution in [2.24, 2.45) is 12.8 Å². The molecule has 4 N–H and O–H groups in total. The van der Waals surface area contributed by atoms with Crippen molar-refractivity contribution >= 4 is 17.4 Å². The zero-order valence-electron chi connectivity index (χ0n) is 12.8. The van der Waals surface area contributed by atoms with Gasteiger partial charge in [-0.1, -0.05) is 6.07 Å². The third-order valence-electron chi connectivity index (χ3n) is 3.51. The minimum Gasteiger partial charge on any atom is -0.378 e. The average Bonchev–Trinajstić information content (AvgIpc) is 2.62. The number of nitrogens with zero attached hydrogens (tertiary/aromatic N) is 2. The van der Waals surface area contributed by atoms with Crippen molar-refractivity contribution in [3.05, 3.63) is 41.2 Å². The Morgan fingerprint density at radius 2 is 2.00 bits per heavy atom. The molecule has 0 bridgehead atoms. The van der Waals surface area contributed by atoms with Gasteiger partial charge in [0.25, 0.3) is 0 Å². The van der Waals surface area contributed by atoms with E-state index in [1.807, 2.05) is 36.9 Å². The molecule has 0 aliphatic rings. The van der Waals surface area contributed by atoms with Crippen LogP contribution in [-0.2, 0) is 7.05 Å². The number of carbonyl (C=O) groups is 1. The first-order valence-corrected chi connectivity index (χ1v) is 6.81. The van der Waals surface area contributed by atoms with Crippen LogP contribution in [0.5, 0.6) is 0 Å². The number of urea groups is 1. The van der Waals surface area contributed by atoms with Gasteiger partial charge in [-0.05, 0) is 39.0 Å². The number of amides is 2. The van der Waals surface area contributed by atoms with Gasteiger partial charge in [-0.3, -0.25) is 4.68 Å². The Morgan fingerprint density at radius 3 is 2.57 bits per heavy atom. The van der Waals surface area contributed by atoms with E-state index in [1.54, 1.807) is 6.07 Å². The van der Waals surface area contributed by atoms with Crippen LogP contribution in [0.2, 0.25) is 0 Å². The van der Waals surface area contributed by atoms with Crippen molar-refractivity contribution in [2.45, 2.75) is 26.8 Å². The third-order valence-corrected chi connectivity index (χ3v) is 3.51. The highest BCUT2D eigenvalue weighted by atomic mass is 16.2. The topological polar surface area (TPSA) is 85.0 Å². The van der Waals surface area contributed by atoms with Crippen LogP contribution >= 0.6 is 0 Å². The van der Waals surface area contributed by atoms with E-state index < -0.39 is 6.03 Å². The lowest BCUT2D eigenvalue weighted by atomic mass is 10.1. The lowest BCUT2D eigenvalue weighted by Gasteiger charge is -2.17. The second-order valence-electron chi connectivity index (χ2n) is 5.14. The number of nitrogens with two attached hydrogens (primary N) is 1. The fourth-order valence-electron chi connectivity index (χ4n) is 2.57. The largest absolute Gasteiger partial charge is 0.378 e. The minimum atomic E-state index is -0.570. The summed E-state index contributed by atoms with van der Waals surface area (Å²) in [7, 11) is 1.94. The first-order valence-electron chi connectivity index (χ1n) is 6.81. The van der Waals surface area contributed by atoms with E-state index in [-0.39, 0.29) is 6.04 Å². The molecule has 6 nitrogen and oxygen atoms in total. The van der Waals surface area contributed by atoms with Gasteiger partial charge in [0.15, 0.2) is 0 Å². The van der Waals surface area contributed by atoms with Gasteiger partial charge in [0.05, 0.1) is 11.7 Å². The highest BCUT2D eigenvalue weighted by Gasteiger charge is 2.16. The molecule has 2 amide bonds. The summed E-state index contributed by atoms with van der Waals surface area (Å²) in [6.45, 7) is 6.15. The maximum atomic E-state index is 10.9. The van der Waals surface area contributed by atoms with Crippen LogP contribution in [0.4, 0.5) is 16.2 Å². The average molecular weight is 287 g/mol. The number of primary amides is 1.